The van der Waals surface area contributed by atoms with E-state index in [9.17, 15) is 4.79 Å². The minimum atomic E-state index is -0.298. The molecular weight excluding hydrogens is 408 g/mol. The molecule has 0 radical (unpaired) electrons. The van der Waals surface area contributed by atoms with Crippen molar-refractivity contribution >= 4 is 22.5 Å². The minimum Gasteiger partial charge on any atom is -0.444 e. The number of carbonyl (C=O) groups excluding carboxylic acids is 1. The van der Waals surface area contributed by atoms with Gasteiger partial charge in [-0.1, -0.05) is 0 Å². The van der Waals surface area contributed by atoms with Crippen LogP contribution in [0.4, 0.5) is 5.69 Å². The van der Waals surface area contributed by atoms with E-state index in [1.807, 2.05) is 30.2 Å². The largest absolute Gasteiger partial charge is 0.444 e. The summed E-state index contributed by atoms with van der Waals surface area (Å²) in [6.45, 7) is 0.747. The number of carbonyl (C=O) groups is 1. The number of hydrogen-bond acceptors (Lipinski definition) is 6. The first kappa shape index (κ1) is 19.2. The summed E-state index contributed by atoms with van der Waals surface area (Å²) in [6, 6.07) is 4.12. The van der Waals surface area contributed by atoms with E-state index in [4.69, 9.17) is 9.15 Å². The maximum absolute atomic E-state index is 13.0. The number of nitrogens with zero attached hydrogens (tertiary/aromatic N) is 5. The highest BCUT2D eigenvalue weighted by Gasteiger charge is 2.28. The molecule has 4 heterocycles. The number of rotatable bonds is 5. The molecule has 164 valence electrons. The first-order valence-electron chi connectivity index (χ1n) is 11.0. The van der Waals surface area contributed by atoms with E-state index in [2.05, 4.69) is 26.6 Å². The van der Waals surface area contributed by atoms with Crippen LogP contribution >= 0.6 is 0 Å². The highest BCUT2D eigenvalue weighted by atomic mass is 16.5. The lowest BCUT2D eigenvalue weighted by molar-refractivity contribution is -0.0394. The second-order valence-corrected chi connectivity index (χ2v) is 8.56. The quantitative estimate of drug-likeness (QED) is 0.506. The number of aryl methyl sites for hydroxylation is 1. The number of nitrogens with one attached hydrogen (secondary N) is 1. The summed E-state index contributed by atoms with van der Waals surface area (Å²) in [6.07, 6.45) is 12.1. The maximum Gasteiger partial charge on any atom is 0.277 e. The normalized spacial score (nSPS) is 18.8. The Balaban J connectivity index is 1.23. The highest BCUT2D eigenvalue weighted by molar-refractivity contribution is 6.04. The molecule has 3 aromatic heterocycles. The summed E-state index contributed by atoms with van der Waals surface area (Å²) in [4.78, 5) is 17.4. The Morgan fingerprint density at radius 1 is 1.16 bits per heavy atom. The molecule has 1 aliphatic carbocycles. The average molecular weight is 432 g/mol. The fraction of sp³-hybridized carbons (Fsp3) is 0.391. The van der Waals surface area contributed by atoms with Gasteiger partial charge in [-0.15, -0.1) is 0 Å². The van der Waals surface area contributed by atoms with E-state index in [1.165, 1.54) is 6.26 Å². The Morgan fingerprint density at radius 2 is 2.06 bits per heavy atom. The van der Waals surface area contributed by atoms with Gasteiger partial charge in [0.2, 0.25) is 5.89 Å². The molecule has 1 amide bonds. The Kier molecular flexibility index (Phi) is 4.57. The van der Waals surface area contributed by atoms with Crippen molar-refractivity contribution in [2.45, 2.75) is 44.2 Å². The molecule has 1 aliphatic heterocycles. The van der Waals surface area contributed by atoms with Gasteiger partial charge in [-0.3, -0.25) is 9.48 Å². The topological polar surface area (TPSA) is 100 Å². The van der Waals surface area contributed by atoms with Crippen LogP contribution in [-0.4, -0.2) is 37.1 Å². The molecule has 0 spiro atoms. The zero-order valence-corrected chi connectivity index (χ0v) is 17.8. The van der Waals surface area contributed by atoms with Gasteiger partial charge in [0.05, 0.1) is 23.5 Å². The summed E-state index contributed by atoms with van der Waals surface area (Å²) < 4.78 is 15.0. The van der Waals surface area contributed by atoms with Crippen LogP contribution in [0.1, 0.15) is 60.3 Å². The second kappa shape index (κ2) is 7.59. The van der Waals surface area contributed by atoms with Gasteiger partial charge in [0.1, 0.15) is 12.5 Å². The predicted molar refractivity (Wildman–Crippen MR) is 117 cm³/mol. The number of oxazole rings is 1. The fourth-order valence-corrected chi connectivity index (χ4v) is 4.29. The average Bonchev–Trinajstić information content (AvgIpc) is 3.20. The summed E-state index contributed by atoms with van der Waals surface area (Å²) in [5.74, 6) is 0.542. The molecule has 1 aromatic carbocycles. The molecule has 9 heteroatoms. The zero-order valence-electron chi connectivity index (χ0n) is 17.8. The molecule has 1 unspecified atom stereocenters. The van der Waals surface area contributed by atoms with Crippen molar-refractivity contribution in [3.63, 3.8) is 0 Å². The lowest BCUT2D eigenvalue weighted by Crippen LogP contribution is -2.18. The van der Waals surface area contributed by atoms with Crippen LogP contribution < -0.4 is 5.32 Å². The van der Waals surface area contributed by atoms with Gasteiger partial charge in [0.25, 0.3) is 5.91 Å². The minimum absolute atomic E-state index is 0.0570. The van der Waals surface area contributed by atoms with Crippen molar-refractivity contribution in [1.82, 2.24) is 24.5 Å². The molecule has 2 fully saturated rings. The molecule has 1 saturated heterocycles. The number of anilines is 1. The Morgan fingerprint density at radius 3 is 2.88 bits per heavy atom. The lowest BCUT2D eigenvalue weighted by atomic mass is 10.1. The summed E-state index contributed by atoms with van der Waals surface area (Å²) in [5.41, 5.74) is 3.97. The number of aromatic nitrogens is 5. The van der Waals surface area contributed by atoms with Crippen LogP contribution in [0.2, 0.25) is 0 Å². The number of hydrogen-bond donors (Lipinski definition) is 1. The van der Waals surface area contributed by atoms with Crippen LogP contribution in [0, 0.1) is 0 Å². The third kappa shape index (κ3) is 3.48. The molecule has 1 atom stereocenters. The number of ether oxygens (including phenoxy) is 1. The maximum atomic E-state index is 13.0. The van der Waals surface area contributed by atoms with Crippen LogP contribution in [-0.2, 0) is 11.8 Å². The fourth-order valence-electron chi connectivity index (χ4n) is 4.29. The first-order valence-corrected chi connectivity index (χ1v) is 11.0. The molecule has 4 aromatic rings. The predicted octanol–water partition coefficient (Wildman–Crippen LogP) is 4.25. The molecule has 1 saturated carbocycles. The Bertz CT molecular complexity index is 1290. The van der Waals surface area contributed by atoms with Gasteiger partial charge in [0, 0.05) is 30.9 Å². The van der Waals surface area contributed by atoms with Crippen molar-refractivity contribution in [1.29, 1.82) is 0 Å². The van der Waals surface area contributed by atoms with Gasteiger partial charge in [-0.05, 0) is 55.7 Å². The lowest BCUT2D eigenvalue weighted by Gasteiger charge is -2.22. The van der Waals surface area contributed by atoms with Gasteiger partial charge in [-0.2, -0.15) is 10.2 Å². The molecule has 0 bridgehead atoms. The van der Waals surface area contributed by atoms with E-state index >= 15 is 0 Å². The van der Waals surface area contributed by atoms with E-state index in [1.54, 1.807) is 10.9 Å². The van der Waals surface area contributed by atoms with Gasteiger partial charge >= 0.3 is 0 Å². The van der Waals surface area contributed by atoms with Crippen molar-refractivity contribution in [2.24, 2.45) is 7.05 Å². The third-order valence-electron chi connectivity index (χ3n) is 6.22. The smallest absolute Gasteiger partial charge is 0.277 e. The Hall–Kier alpha value is -3.46. The standard InChI is InChI=1S/C23H24N6O3/c1-28-20-9-17(14-5-6-14)18(8-15(20)10-24-28)26-22(30)19-13-32-23(27-19)16-11-25-29(12-16)21-4-2-3-7-31-21/h8-14,21H,2-7H2,1H3,(H,26,30). The second-order valence-electron chi connectivity index (χ2n) is 8.56. The van der Waals surface area contributed by atoms with Gasteiger partial charge in [-0.25, -0.2) is 9.67 Å². The van der Waals surface area contributed by atoms with E-state index in [0.29, 0.717) is 17.4 Å². The summed E-state index contributed by atoms with van der Waals surface area (Å²) in [5, 5.41) is 12.7. The Labute approximate surface area is 184 Å². The zero-order chi connectivity index (χ0) is 21.7. The number of fused-ring (bicyclic) bond motifs is 1. The summed E-state index contributed by atoms with van der Waals surface area (Å²) in [7, 11) is 1.93. The summed E-state index contributed by atoms with van der Waals surface area (Å²) >= 11 is 0. The van der Waals surface area contributed by atoms with Gasteiger partial charge in [0.15, 0.2) is 5.69 Å². The molecule has 2 aliphatic rings. The van der Waals surface area contributed by atoms with E-state index in [0.717, 1.165) is 60.9 Å². The van der Waals surface area contributed by atoms with Crippen LogP contribution in [0.5, 0.6) is 0 Å². The van der Waals surface area contributed by atoms with Gasteiger partial charge < -0.3 is 14.5 Å². The van der Waals surface area contributed by atoms with Crippen LogP contribution in [0.25, 0.3) is 22.4 Å². The molecule has 9 nitrogen and oxygen atoms in total. The third-order valence-corrected chi connectivity index (χ3v) is 6.22. The number of amides is 1. The SMILES string of the molecule is Cn1ncc2cc(NC(=O)c3coc(-c4cnn(C5CCCCO5)c4)n3)c(C3CC3)cc21. The first-order chi connectivity index (χ1) is 15.7. The van der Waals surface area contributed by atoms with Crippen molar-refractivity contribution < 1.29 is 13.9 Å². The van der Waals surface area contributed by atoms with Crippen molar-refractivity contribution in [3.8, 4) is 11.5 Å². The molecule has 6 rings (SSSR count). The molecule has 32 heavy (non-hydrogen) atoms. The van der Waals surface area contributed by atoms with Crippen LogP contribution in [0.3, 0.4) is 0 Å². The highest BCUT2D eigenvalue weighted by Crippen LogP contribution is 2.44. The monoisotopic (exact) mass is 432 g/mol. The van der Waals surface area contributed by atoms with E-state index in [-0.39, 0.29) is 17.8 Å². The molecular formula is C23H24N6O3. The van der Waals surface area contributed by atoms with Crippen LogP contribution in [0.15, 0.2) is 41.4 Å². The van der Waals surface area contributed by atoms with Crippen molar-refractivity contribution in [3.05, 3.63) is 48.2 Å². The number of benzene rings is 1. The molecule has 1 N–H and O–H groups in total. The van der Waals surface area contributed by atoms with Crippen molar-refractivity contribution in [2.75, 3.05) is 11.9 Å². The van der Waals surface area contributed by atoms with E-state index < -0.39 is 0 Å².